The van der Waals surface area contributed by atoms with Crippen LogP contribution in [-0.2, 0) is 6.42 Å². The van der Waals surface area contributed by atoms with Crippen molar-refractivity contribution in [3.05, 3.63) is 33.5 Å². The summed E-state index contributed by atoms with van der Waals surface area (Å²) in [4.78, 5) is 1.62. The lowest BCUT2D eigenvalue weighted by Crippen LogP contribution is -2.34. The van der Waals surface area contributed by atoms with Gasteiger partial charge < -0.3 is 5.32 Å². The average molecular weight is 249 g/mol. The van der Waals surface area contributed by atoms with E-state index in [-0.39, 0.29) is 0 Å². The van der Waals surface area contributed by atoms with E-state index in [9.17, 15) is 0 Å². The molecule has 1 nitrogen and oxygen atoms in total. The molecule has 94 valence electrons. The summed E-state index contributed by atoms with van der Waals surface area (Å²) in [5.41, 5.74) is 3.02. The summed E-state index contributed by atoms with van der Waals surface area (Å²) in [6.07, 6.45) is 6.36. The van der Waals surface area contributed by atoms with Crippen molar-refractivity contribution in [2.75, 3.05) is 6.54 Å². The van der Waals surface area contributed by atoms with Crippen LogP contribution in [0.4, 0.5) is 0 Å². The van der Waals surface area contributed by atoms with Crippen molar-refractivity contribution in [1.29, 1.82) is 0 Å². The van der Waals surface area contributed by atoms with E-state index in [1.54, 1.807) is 10.4 Å². The fourth-order valence-corrected chi connectivity index (χ4v) is 3.80. The van der Waals surface area contributed by atoms with Crippen molar-refractivity contribution in [2.45, 2.75) is 52.0 Å². The van der Waals surface area contributed by atoms with Gasteiger partial charge in [0, 0.05) is 16.8 Å². The lowest BCUT2D eigenvalue weighted by atomic mass is 9.82. The van der Waals surface area contributed by atoms with Crippen LogP contribution >= 0.6 is 11.3 Å². The summed E-state index contributed by atoms with van der Waals surface area (Å²) in [7, 11) is 0. The molecule has 0 spiro atoms. The van der Waals surface area contributed by atoms with E-state index in [1.807, 2.05) is 11.3 Å². The first-order chi connectivity index (χ1) is 8.22. The van der Waals surface area contributed by atoms with Crippen LogP contribution in [0.3, 0.4) is 0 Å². The van der Waals surface area contributed by atoms with Gasteiger partial charge in [-0.2, -0.15) is 0 Å². The van der Waals surface area contributed by atoms with Gasteiger partial charge in [0.1, 0.15) is 0 Å². The first-order valence-corrected chi connectivity index (χ1v) is 7.55. The van der Waals surface area contributed by atoms with Crippen LogP contribution in [0.1, 0.15) is 50.0 Å². The van der Waals surface area contributed by atoms with Gasteiger partial charge in [-0.1, -0.05) is 18.6 Å². The van der Waals surface area contributed by atoms with Gasteiger partial charge in [0.15, 0.2) is 0 Å². The van der Waals surface area contributed by atoms with Gasteiger partial charge in [-0.25, -0.2) is 0 Å². The number of aryl methyl sites for hydroxylation is 1. The predicted octanol–water partition coefficient (Wildman–Crippen LogP) is 4.11. The second-order valence-electron chi connectivity index (χ2n) is 5.13. The van der Waals surface area contributed by atoms with Gasteiger partial charge in [0.05, 0.1) is 0 Å². The Labute approximate surface area is 109 Å². The number of thiophene rings is 1. The minimum absolute atomic E-state index is 0.513. The summed E-state index contributed by atoms with van der Waals surface area (Å²) < 4.78 is 0. The van der Waals surface area contributed by atoms with E-state index in [0.29, 0.717) is 12.0 Å². The molecule has 0 radical (unpaired) electrons. The van der Waals surface area contributed by atoms with Gasteiger partial charge in [-0.05, 0) is 56.7 Å². The monoisotopic (exact) mass is 249 g/mol. The van der Waals surface area contributed by atoms with E-state index >= 15 is 0 Å². The Morgan fingerprint density at radius 2 is 2.41 bits per heavy atom. The molecule has 0 aromatic carbocycles. The van der Waals surface area contributed by atoms with Crippen LogP contribution < -0.4 is 5.32 Å². The lowest BCUT2D eigenvalue weighted by Gasteiger charge is -2.29. The molecule has 2 heteroatoms. The molecule has 0 fully saturated rings. The first kappa shape index (κ1) is 12.8. The topological polar surface area (TPSA) is 12.0 Å². The van der Waals surface area contributed by atoms with Crippen molar-refractivity contribution >= 4 is 11.3 Å². The molecule has 0 saturated carbocycles. The van der Waals surface area contributed by atoms with Gasteiger partial charge in [-0.15, -0.1) is 11.3 Å². The zero-order valence-corrected chi connectivity index (χ0v) is 11.9. The molecule has 1 aliphatic rings. The second kappa shape index (κ2) is 5.83. The Bertz CT molecular complexity index is 387. The number of fused-ring (bicyclic) bond motifs is 1. The molecule has 1 aromatic heterocycles. The minimum Gasteiger partial charge on any atom is -0.310 e. The van der Waals surface area contributed by atoms with Crippen LogP contribution in [0, 0.1) is 0 Å². The average Bonchev–Trinajstić information content (AvgIpc) is 2.75. The summed E-state index contributed by atoms with van der Waals surface area (Å²) in [5, 5.41) is 5.90. The molecule has 1 N–H and O–H groups in total. The molecule has 0 amide bonds. The third-order valence-electron chi connectivity index (χ3n) is 3.48. The highest BCUT2D eigenvalue weighted by molar-refractivity contribution is 7.10. The summed E-state index contributed by atoms with van der Waals surface area (Å²) in [6.45, 7) is 7.64. The third-order valence-corrected chi connectivity index (χ3v) is 4.48. The van der Waals surface area contributed by atoms with Crippen molar-refractivity contribution in [3.8, 4) is 0 Å². The molecule has 1 aromatic rings. The van der Waals surface area contributed by atoms with Crippen LogP contribution in [0.2, 0.25) is 0 Å². The number of likely N-dealkylation sites (N-methyl/N-ethyl adjacent to an activating group) is 1. The Kier molecular flexibility index (Phi) is 4.41. The Morgan fingerprint density at radius 3 is 3.12 bits per heavy atom. The standard InChI is InChI=1S/C15H23NS/c1-4-16-14(10-11(2)3)12-6-5-7-15-13(12)8-9-17-15/h8-10,12,14,16H,4-7H2,1-3H3. The van der Waals surface area contributed by atoms with Crippen LogP contribution in [0.25, 0.3) is 0 Å². The highest BCUT2D eigenvalue weighted by Gasteiger charge is 2.26. The molecule has 1 heterocycles. The molecule has 0 saturated heterocycles. The van der Waals surface area contributed by atoms with Crippen LogP contribution in [-0.4, -0.2) is 12.6 Å². The lowest BCUT2D eigenvalue weighted by molar-refractivity contribution is 0.453. The fraction of sp³-hybridized carbons (Fsp3) is 0.600. The van der Waals surface area contributed by atoms with E-state index in [1.165, 1.54) is 24.8 Å². The Morgan fingerprint density at radius 1 is 1.59 bits per heavy atom. The highest BCUT2D eigenvalue weighted by Crippen LogP contribution is 2.37. The molecule has 2 rings (SSSR count). The van der Waals surface area contributed by atoms with Crippen molar-refractivity contribution < 1.29 is 0 Å². The molecule has 0 aliphatic heterocycles. The molecule has 2 unspecified atom stereocenters. The largest absolute Gasteiger partial charge is 0.310 e. The van der Waals surface area contributed by atoms with Gasteiger partial charge in [0.25, 0.3) is 0 Å². The molecule has 0 bridgehead atoms. The quantitative estimate of drug-likeness (QED) is 0.792. The number of allylic oxidation sites excluding steroid dienone is 1. The van der Waals surface area contributed by atoms with Crippen molar-refractivity contribution in [2.24, 2.45) is 0 Å². The molecular weight excluding hydrogens is 226 g/mol. The summed E-state index contributed by atoms with van der Waals surface area (Å²) in [5.74, 6) is 0.680. The Hall–Kier alpha value is -0.600. The third kappa shape index (κ3) is 2.99. The fourth-order valence-electron chi connectivity index (χ4n) is 2.81. The van der Waals surface area contributed by atoms with E-state index < -0.39 is 0 Å². The number of hydrogen-bond donors (Lipinski definition) is 1. The van der Waals surface area contributed by atoms with Crippen molar-refractivity contribution in [1.82, 2.24) is 5.32 Å². The number of nitrogens with one attached hydrogen (secondary N) is 1. The van der Waals surface area contributed by atoms with Crippen LogP contribution in [0.5, 0.6) is 0 Å². The number of hydrogen-bond acceptors (Lipinski definition) is 2. The smallest absolute Gasteiger partial charge is 0.0321 e. The maximum Gasteiger partial charge on any atom is 0.0321 e. The normalized spacial score (nSPS) is 20.8. The van der Waals surface area contributed by atoms with E-state index in [2.05, 4.69) is 43.6 Å². The highest BCUT2D eigenvalue weighted by atomic mass is 32.1. The van der Waals surface area contributed by atoms with Gasteiger partial charge in [-0.3, -0.25) is 0 Å². The zero-order valence-electron chi connectivity index (χ0n) is 11.1. The van der Waals surface area contributed by atoms with Crippen LogP contribution in [0.15, 0.2) is 23.1 Å². The van der Waals surface area contributed by atoms with Gasteiger partial charge >= 0.3 is 0 Å². The Balaban J connectivity index is 2.23. The van der Waals surface area contributed by atoms with Gasteiger partial charge in [0.2, 0.25) is 0 Å². The maximum absolute atomic E-state index is 3.64. The molecule has 1 aliphatic carbocycles. The van der Waals surface area contributed by atoms with E-state index in [0.717, 1.165) is 6.54 Å². The molecular formula is C15H23NS. The summed E-state index contributed by atoms with van der Waals surface area (Å²) >= 11 is 1.94. The maximum atomic E-state index is 3.64. The molecule has 2 atom stereocenters. The minimum atomic E-state index is 0.513. The molecule has 17 heavy (non-hydrogen) atoms. The predicted molar refractivity (Wildman–Crippen MR) is 76.9 cm³/mol. The second-order valence-corrected chi connectivity index (χ2v) is 6.13. The zero-order chi connectivity index (χ0) is 12.3. The SMILES string of the molecule is CCNC(C=C(C)C)C1CCCc2sccc21. The number of rotatable bonds is 4. The summed E-state index contributed by atoms with van der Waals surface area (Å²) in [6, 6.07) is 2.85. The first-order valence-electron chi connectivity index (χ1n) is 6.67. The van der Waals surface area contributed by atoms with Crippen molar-refractivity contribution in [3.63, 3.8) is 0 Å². The van der Waals surface area contributed by atoms with E-state index in [4.69, 9.17) is 0 Å².